The Bertz CT molecular complexity index is 690. The Morgan fingerprint density at radius 3 is 1.80 bits per heavy atom. The van der Waals surface area contributed by atoms with E-state index in [2.05, 4.69) is 37.9 Å². The zero-order valence-corrected chi connectivity index (χ0v) is 15.6. The van der Waals surface area contributed by atoms with Crippen molar-refractivity contribution >= 4 is 41.9 Å². The summed E-state index contributed by atoms with van der Waals surface area (Å²) in [6.45, 7) is 7.51. The maximum atomic E-state index is 11.9. The summed E-state index contributed by atoms with van der Waals surface area (Å²) >= 11 is 6.71. The lowest BCUT2D eigenvalue weighted by Gasteiger charge is -2.21. The van der Waals surface area contributed by atoms with Crippen molar-refractivity contribution in [2.45, 2.75) is 44.4 Å². The van der Waals surface area contributed by atoms with Crippen molar-refractivity contribution < 1.29 is 8.42 Å². The quantitative estimate of drug-likeness (QED) is 0.797. The number of rotatable bonds is 3. The predicted octanol–water partition coefficient (Wildman–Crippen LogP) is 3.98. The van der Waals surface area contributed by atoms with Crippen LogP contribution in [0.3, 0.4) is 0 Å². The van der Waals surface area contributed by atoms with Gasteiger partial charge < -0.3 is 0 Å². The van der Waals surface area contributed by atoms with Gasteiger partial charge in [-0.05, 0) is 54.8 Å². The summed E-state index contributed by atoms with van der Waals surface area (Å²) in [6.07, 6.45) is 0. The Labute approximate surface area is 136 Å². The minimum atomic E-state index is -3.90. The summed E-state index contributed by atoms with van der Waals surface area (Å²) in [5.41, 5.74) is 1.62. The van der Waals surface area contributed by atoms with Crippen LogP contribution in [-0.4, -0.2) is 8.42 Å². The molecule has 0 spiro atoms. The molecule has 0 aliphatic heterocycles. The molecule has 0 saturated heterocycles. The van der Waals surface area contributed by atoms with Crippen LogP contribution in [0.2, 0.25) is 0 Å². The summed E-state index contributed by atoms with van der Waals surface area (Å²) in [5, 5.41) is 14.8. The number of nitrogens with two attached hydrogens (primary N) is 1. The van der Waals surface area contributed by atoms with Gasteiger partial charge in [0.05, 0.1) is 5.56 Å². The molecule has 0 radical (unpaired) electrons. The van der Waals surface area contributed by atoms with Crippen LogP contribution in [0.5, 0.6) is 0 Å². The van der Waals surface area contributed by atoms with Crippen LogP contribution in [0.1, 0.15) is 56.2 Å². The minimum Gasteiger partial charge on any atom is -0.225 e. The van der Waals surface area contributed by atoms with Crippen LogP contribution in [0, 0.1) is 11.3 Å². The first-order valence-electron chi connectivity index (χ1n) is 6.01. The first-order valence-corrected chi connectivity index (χ1v) is 9.14. The second-order valence-electron chi connectivity index (χ2n) is 5.13. The number of nitriles is 1. The fourth-order valence-electron chi connectivity index (χ4n) is 2.15. The molecule has 1 rings (SSSR count). The Hall–Kier alpha value is -0.420. The van der Waals surface area contributed by atoms with Gasteiger partial charge >= 0.3 is 0 Å². The van der Waals surface area contributed by atoms with E-state index in [1.807, 2.05) is 27.7 Å². The molecule has 0 saturated carbocycles. The van der Waals surface area contributed by atoms with E-state index < -0.39 is 10.0 Å². The highest BCUT2D eigenvalue weighted by atomic mass is 79.9. The van der Waals surface area contributed by atoms with E-state index in [4.69, 9.17) is 5.14 Å². The van der Waals surface area contributed by atoms with E-state index in [9.17, 15) is 13.7 Å². The number of hydrogen-bond donors (Lipinski definition) is 1. The SMILES string of the molecule is CC(C)c1c(Br)c(S(N)(=O)=O)c(C(C)C)c(Br)c1C#N. The Morgan fingerprint density at radius 1 is 1.05 bits per heavy atom. The molecule has 1 aromatic carbocycles. The van der Waals surface area contributed by atoms with Crippen LogP contribution >= 0.6 is 31.9 Å². The average molecular weight is 424 g/mol. The first-order chi connectivity index (χ1) is 9.03. The second-order valence-corrected chi connectivity index (χ2v) is 8.21. The lowest BCUT2D eigenvalue weighted by Crippen LogP contribution is -2.18. The third kappa shape index (κ3) is 3.08. The fraction of sp³-hybridized carbons (Fsp3) is 0.462. The number of hydrogen-bond acceptors (Lipinski definition) is 3. The molecule has 0 heterocycles. The van der Waals surface area contributed by atoms with Crippen molar-refractivity contribution in [3.8, 4) is 6.07 Å². The molecule has 110 valence electrons. The van der Waals surface area contributed by atoms with Crippen molar-refractivity contribution in [2.24, 2.45) is 5.14 Å². The summed E-state index contributed by atoms with van der Waals surface area (Å²) in [5.74, 6) is -0.112. The van der Waals surface area contributed by atoms with Gasteiger partial charge in [0.1, 0.15) is 11.0 Å². The zero-order chi connectivity index (χ0) is 15.8. The van der Waals surface area contributed by atoms with E-state index in [1.165, 1.54) is 0 Å². The lowest BCUT2D eigenvalue weighted by molar-refractivity contribution is 0.594. The number of sulfonamides is 1. The topological polar surface area (TPSA) is 84.0 Å². The zero-order valence-electron chi connectivity index (χ0n) is 11.7. The van der Waals surface area contributed by atoms with Gasteiger partial charge in [-0.15, -0.1) is 0 Å². The van der Waals surface area contributed by atoms with Gasteiger partial charge in [-0.1, -0.05) is 27.7 Å². The summed E-state index contributed by atoms with van der Waals surface area (Å²) in [7, 11) is -3.90. The summed E-state index contributed by atoms with van der Waals surface area (Å²) in [4.78, 5) is 0.0575. The van der Waals surface area contributed by atoms with Crippen molar-refractivity contribution in [3.05, 3.63) is 25.6 Å². The third-order valence-corrected chi connectivity index (χ3v) is 5.86. The monoisotopic (exact) mass is 422 g/mol. The van der Waals surface area contributed by atoms with E-state index in [1.54, 1.807) is 0 Å². The van der Waals surface area contributed by atoms with Crippen LogP contribution < -0.4 is 5.14 Å². The van der Waals surface area contributed by atoms with E-state index >= 15 is 0 Å². The minimum absolute atomic E-state index is 0.0166. The van der Waals surface area contributed by atoms with Gasteiger partial charge in [-0.25, -0.2) is 13.6 Å². The normalized spacial score (nSPS) is 12.0. The van der Waals surface area contributed by atoms with Gasteiger partial charge in [0.25, 0.3) is 0 Å². The highest BCUT2D eigenvalue weighted by Gasteiger charge is 2.29. The van der Waals surface area contributed by atoms with Gasteiger partial charge in [0, 0.05) is 8.95 Å². The van der Waals surface area contributed by atoms with E-state index in [0.29, 0.717) is 25.6 Å². The Kier molecular flexibility index (Phi) is 5.41. The molecule has 1 aromatic rings. The number of primary sulfonamides is 1. The first kappa shape index (κ1) is 17.6. The van der Waals surface area contributed by atoms with Crippen molar-refractivity contribution in [3.63, 3.8) is 0 Å². The smallest absolute Gasteiger partial charge is 0.225 e. The molecule has 0 aromatic heterocycles. The van der Waals surface area contributed by atoms with Crippen LogP contribution in [0.25, 0.3) is 0 Å². The molecule has 0 fully saturated rings. The highest BCUT2D eigenvalue weighted by Crippen LogP contribution is 2.43. The third-order valence-electron chi connectivity index (χ3n) is 2.96. The van der Waals surface area contributed by atoms with E-state index in [-0.39, 0.29) is 16.7 Å². The maximum absolute atomic E-state index is 11.9. The molecular formula is C13H16Br2N2O2S. The van der Waals surface area contributed by atoms with Crippen molar-refractivity contribution in [2.75, 3.05) is 0 Å². The molecule has 7 heteroatoms. The van der Waals surface area contributed by atoms with Crippen LogP contribution in [0.15, 0.2) is 13.8 Å². The predicted molar refractivity (Wildman–Crippen MR) is 86.1 cm³/mol. The largest absolute Gasteiger partial charge is 0.239 e. The molecule has 2 N–H and O–H groups in total. The lowest BCUT2D eigenvalue weighted by atomic mass is 9.92. The second kappa shape index (κ2) is 6.14. The van der Waals surface area contributed by atoms with Crippen molar-refractivity contribution in [1.82, 2.24) is 0 Å². The van der Waals surface area contributed by atoms with Gasteiger partial charge in [-0.2, -0.15) is 5.26 Å². The fourth-order valence-corrected chi connectivity index (χ4v) is 5.79. The van der Waals surface area contributed by atoms with Crippen LogP contribution in [0.4, 0.5) is 0 Å². The molecule has 20 heavy (non-hydrogen) atoms. The van der Waals surface area contributed by atoms with Crippen LogP contribution in [-0.2, 0) is 10.0 Å². The van der Waals surface area contributed by atoms with Crippen molar-refractivity contribution in [1.29, 1.82) is 5.26 Å². The van der Waals surface area contributed by atoms with Gasteiger partial charge in [-0.3, -0.25) is 0 Å². The van der Waals surface area contributed by atoms with Gasteiger partial charge in [0.2, 0.25) is 10.0 Å². The molecule has 0 amide bonds. The Morgan fingerprint density at radius 2 is 1.50 bits per heavy atom. The highest BCUT2D eigenvalue weighted by molar-refractivity contribution is 9.11. The maximum Gasteiger partial charge on any atom is 0.239 e. The summed E-state index contributed by atoms with van der Waals surface area (Å²) in [6, 6.07) is 2.15. The van der Waals surface area contributed by atoms with Gasteiger partial charge in [0.15, 0.2) is 0 Å². The molecule has 0 aliphatic rings. The summed E-state index contributed by atoms with van der Waals surface area (Å²) < 4.78 is 24.8. The molecule has 0 aliphatic carbocycles. The standard InChI is InChI=1S/C13H16Br2N2O2S/c1-6(2)9-8(5-16)11(14)10(7(3)4)13(12(9)15)20(17,18)19/h6-7H,1-4H3,(H2,17,18,19). The number of benzene rings is 1. The number of halogens is 2. The molecule has 0 atom stereocenters. The molecule has 0 unspecified atom stereocenters. The van der Waals surface area contributed by atoms with E-state index in [0.717, 1.165) is 0 Å². The molecule has 4 nitrogen and oxygen atoms in total. The molecular weight excluding hydrogens is 408 g/mol. The molecule has 0 bridgehead atoms. The number of nitrogens with zero attached hydrogens (tertiary/aromatic N) is 1. The Balaban J connectivity index is 4.10. The average Bonchev–Trinajstić information content (AvgIpc) is 2.27.